The van der Waals surface area contributed by atoms with Crippen molar-refractivity contribution in [2.24, 2.45) is 17.8 Å². The molecule has 1 aliphatic carbocycles. The molecule has 2 rings (SSSR count). The molecule has 219 valence electrons. The number of carbonyl (C=O) groups is 1. The SMILES string of the molecule is CCC1CC(C)C1.CCCCCCC.Cc1cc([B]OC(C)(C)C(C)(C)S)ccc1C(C)(C)C(=O)C(C)C. The van der Waals surface area contributed by atoms with E-state index in [0.29, 0.717) is 0 Å². The normalized spacial score (nSPS) is 17.6. The standard InChI is InChI=1S/C20H32BO2S.C7H14.C7H16/c1-13(2)17(22)18(4,5)16-11-10-15(12-14(16)3)21-23-19(6,7)20(8,9)24;1-3-7-4-6(2)5-7;1-3-5-7-6-4-2/h10-13,24H,1-9H3;6-7H,3-5H2,1-2H3;3-7H2,1-2H3. The number of rotatable bonds is 12. The second-order valence-electron chi connectivity index (χ2n) is 13.4. The number of carbonyl (C=O) groups excluding carboxylic acids is 1. The predicted molar refractivity (Wildman–Crippen MR) is 174 cm³/mol. The number of benzene rings is 1. The molecule has 0 atom stereocenters. The van der Waals surface area contributed by atoms with E-state index in [0.717, 1.165) is 28.4 Å². The third kappa shape index (κ3) is 12.6. The molecule has 0 amide bonds. The van der Waals surface area contributed by atoms with Crippen molar-refractivity contribution in [3.05, 3.63) is 29.3 Å². The lowest BCUT2D eigenvalue weighted by Crippen LogP contribution is -2.45. The quantitative estimate of drug-likeness (QED) is 0.161. The van der Waals surface area contributed by atoms with Crippen molar-refractivity contribution in [2.75, 3.05) is 0 Å². The number of ketones is 1. The van der Waals surface area contributed by atoms with Gasteiger partial charge >= 0.3 is 7.48 Å². The molecule has 1 fully saturated rings. The molecule has 2 nitrogen and oxygen atoms in total. The first-order valence-electron chi connectivity index (χ1n) is 15.3. The minimum absolute atomic E-state index is 0.0207. The molecule has 0 N–H and O–H groups in total. The minimum Gasteiger partial charge on any atom is -0.428 e. The lowest BCUT2D eigenvalue weighted by molar-refractivity contribution is -0.126. The molecule has 0 aromatic heterocycles. The Kier molecular flexibility index (Phi) is 16.8. The van der Waals surface area contributed by atoms with E-state index in [1.54, 1.807) is 7.48 Å². The molecular formula is C34H62BO2S. The van der Waals surface area contributed by atoms with E-state index >= 15 is 0 Å². The van der Waals surface area contributed by atoms with Crippen molar-refractivity contribution in [3.8, 4) is 0 Å². The molecule has 4 heteroatoms. The number of thiol groups is 1. The Morgan fingerprint density at radius 2 is 1.53 bits per heavy atom. The summed E-state index contributed by atoms with van der Waals surface area (Å²) in [5.74, 6) is 2.42. The summed E-state index contributed by atoms with van der Waals surface area (Å²) in [7, 11) is 1.78. The fourth-order valence-corrected chi connectivity index (χ4v) is 4.81. The topological polar surface area (TPSA) is 26.3 Å². The second kappa shape index (κ2) is 17.2. The first kappa shape index (κ1) is 37.3. The summed E-state index contributed by atoms with van der Waals surface area (Å²) in [6, 6.07) is 6.13. The maximum atomic E-state index is 12.5. The third-order valence-electron chi connectivity index (χ3n) is 8.28. The minimum atomic E-state index is -0.482. The van der Waals surface area contributed by atoms with Gasteiger partial charge in [-0.15, -0.1) is 0 Å². The molecule has 0 aliphatic heterocycles. The molecule has 0 heterocycles. The van der Waals surface area contributed by atoms with E-state index in [1.165, 1.54) is 51.4 Å². The zero-order valence-electron chi connectivity index (χ0n) is 27.5. The summed E-state index contributed by atoms with van der Waals surface area (Å²) in [6.45, 7) is 27.2. The van der Waals surface area contributed by atoms with Crippen molar-refractivity contribution >= 4 is 31.4 Å². The van der Waals surface area contributed by atoms with Gasteiger partial charge in [0.2, 0.25) is 0 Å². The fourth-order valence-electron chi connectivity index (χ4n) is 4.75. The van der Waals surface area contributed by atoms with Crippen LogP contribution in [0.3, 0.4) is 0 Å². The summed E-state index contributed by atoms with van der Waals surface area (Å²) in [5.41, 5.74) is 2.30. The highest BCUT2D eigenvalue weighted by molar-refractivity contribution is 7.81. The van der Waals surface area contributed by atoms with Gasteiger partial charge < -0.3 is 4.65 Å². The number of aryl methyl sites for hydroxylation is 1. The zero-order chi connectivity index (χ0) is 29.7. The van der Waals surface area contributed by atoms with Crippen molar-refractivity contribution in [2.45, 2.75) is 157 Å². The Morgan fingerprint density at radius 1 is 1.00 bits per heavy atom. The number of hydrogen-bond donors (Lipinski definition) is 1. The van der Waals surface area contributed by atoms with Gasteiger partial charge in [0.05, 0.1) is 5.60 Å². The largest absolute Gasteiger partial charge is 0.428 e. The molecule has 0 spiro atoms. The van der Waals surface area contributed by atoms with Crippen molar-refractivity contribution in [1.29, 1.82) is 0 Å². The summed E-state index contributed by atoms with van der Waals surface area (Å²) in [5, 5.41) is 0. The van der Waals surface area contributed by atoms with E-state index in [-0.39, 0.29) is 16.4 Å². The van der Waals surface area contributed by atoms with Gasteiger partial charge in [0.25, 0.3) is 0 Å². The van der Waals surface area contributed by atoms with Crippen LogP contribution in [0.1, 0.15) is 146 Å². The Balaban J connectivity index is 0.000000789. The predicted octanol–water partition coefficient (Wildman–Crippen LogP) is 9.67. The first-order valence-corrected chi connectivity index (χ1v) is 15.8. The van der Waals surface area contributed by atoms with Crippen LogP contribution in [-0.2, 0) is 14.9 Å². The first-order chi connectivity index (χ1) is 17.4. The van der Waals surface area contributed by atoms with E-state index < -0.39 is 11.0 Å². The highest BCUT2D eigenvalue weighted by Crippen LogP contribution is 2.35. The van der Waals surface area contributed by atoms with E-state index in [1.807, 2.05) is 67.5 Å². The maximum Gasteiger partial charge on any atom is 0.330 e. The molecule has 1 aliphatic rings. The van der Waals surface area contributed by atoms with E-state index in [2.05, 4.69) is 53.3 Å². The van der Waals surface area contributed by atoms with Crippen LogP contribution in [0.4, 0.5) is 0 Å². The average molecular weight is 546 g/mol. The van der Waals surface area contributed by atoms with E-state index in [4.69, 9.17) is 4.65 Å². The van der Waals surface area contributed by atoms with E-state index in [9.17, 15) is 4.79 Å². The van der Waals surface area contributed by atoms with Gasteiger partial charge in [0.15, 0.2) is 0 Å². The molecule has 38 heavy (non-hydrogen) atoms. The maximum absolute atomic E-state index is 12.5. The van der Waals surface area contributed by atoms with Crippen molar-refractivity contribution < 1.29 is 9.45 Å². The third-order valence-corrected chi connectivity index (χ3v) is 8.82. The molecule has 0 bridgehead atoms. The van der Waals surface area contributed by atoms with Crippen LogP contribution < -0.4 is 5.46 Å². The van der Waals surface area contributed by atoms with Gasteiger partial charge in [0, 0.05) is 16.1 Å². The van der Waals surface area contributed by atoms with Crippen LogP contribution >= 0.6 is 12.6 Å². The highest BCUT2D eigenvalue weighted by Gasteiger charge is 2.35. The summed E-state index contributed by atoms with van der Waals surface area (Å²) >= 11 is 4.62. The number of Topliss-reactive ketones (excluding diaryl/α,β-unsaturated/α-hetero) is 1. The molecular weight excluding hydrogens is 483 g/mol. The van der Waals surface area contributed by atoms with Crippen LogP contribution in [0, 0.1) is 24.7 Å². The Bertz CT molecular complexity index is 797. The Morgan fingerprint density at radius 3 is 1.87 bits per heavy atom. The lowest BCUT2D eigenvalue weighted by atomic mass is 9.73. The average Bonchev–Trinajstić information content (AvgIpc) is 2.80. The van der Waals surface area contributed by atoms with Crippen LogP contribution in [0.15, 0.2) is 18.2 Å². The summed E-state index contributed by atoms with van der Waals surface area (Å²) in [6.07, 6.45) is 11.4. The van der Waals surface area contributed by atoms with Crippen LogP contribution in [-0.4, -0.2) is 23.6 Å². The van der Waals surface area contributed by atoms with Crippen molar-refractivity contribution in [3.63, 3.8) is 0 Å². The molecule has 0 unspecified atom stereocenters. The van der Waals surface area contributed by atoms with Crippen molar-refractivity contribution in [1.82, 2.24) is 0 Å². The van der Waals surface area contributed by atoms with Gasteiger partial charge in [0.1, 0.15) is 5.78 Å². The van der Waals surface area contributed by atoms with Gasteiger partial charge in [-0.3, -0.25) is 4.79 Å². The van der Waals surface area contributed by atoms with Gasteiger partial charge in [-0.2, -0.15) is 12.6 Å². The van der Waals surface area contributed by atoms with Gasteiger partial charge in [-0.05, 0) is 84.3 Å². The lowest BCUT2D eigenvalue weighted by Gasteiger charge is -2.38. The van der Waals surface area contributed by atoms with Crippen LogP contribution in [0.2, 0.25) is 0 Å². The van der Waals surface area contributed by atoms with Crippen LogP contribution in [0.5, 0.6) is 0 Å². The number of unbranched alkanes of at least 4 members (excludes halogenated alkanes) is 4. The molecule has 1 aromatic rings. The Hall–Kier alpha value is -0.735. The second-order valence-corrected chi connectivity index (χ2v) is 14.6. The molecule has 1 radical (unpaired) electrons. The highest BCUT2D eigenvalue weighted by atomic mass is 32.1. The smallest absolute Gasteiger partial charge is 0.330 e. The Labute approximate surface area is 244 Å². The molecule has 1 saturated carbocycles. The summed E-state index contributed by atoms with van der Waals surface area (Å²) in [4.78, 5) is 12.5. The molecule has 1 aromatic carbocycles. The molecule has 0 saturated heterocycles. The summed E-state index contributed by atoms with van der Waals surface area (Å²) < 4.78 is 5.72. The number of hydrogen-bond acceptors (Lipinski definition) is 3. The zero-order valence-corrected chi connectivity index (χ0v) is 28.4. The van der Waals surface area contributed by atoms with Crippen LogP contribution in [0.25, 0.3) is 0 Å². The monoisotopic (exact) mass is 545 g/mol. The fraction of sp³-hybridized carbons (Fsp3) is 0.794. The van der Waals surface area contributed by atoms with Gasteiger partial charge in [-0.25, -0.2) is 0 Å². The van der Waals surface area contributed by atoms with Gasteiger partial charge in [-0.1, -0.05) is 104 Å².